The lowest BCUT2D eigenvalue weighted by Crippen LogP contribution is -2.53. The molecule has 40 heavy (non-hydrogen) atoms. The quantitative estimate of drug-likeness (QED) is 0.294. The third-order valence-corrected chi connectivity index (χ3v) is 7.28. The molecule has 0 amide bonds. The molecule has 1 aliphatic rings. The summed E-state index contributed by atoms with van der Waals surface area (Å²) >= 11 is 0. The first-order chi connectivity index (χ1) is 18.9. The number of pyridine rings is 1. The summed E-state index contributed by atoms with van der Waals surface area (Å²) in [7, 11) is 0. The molecule has 0 fully saturated rings. The first-order valence-corrected chi connectivity index (χ1v) is 13.1. The van der Waals surface area contributed by atoms with E-state index in [2.05, 4.69) is 54.0 Å². The molecule has 0 radical (unpaired) electrons. The molecular formula is C30H31N7O3. The van der Waals surface area contributed by atoms with Crippen molar-refractivity contribution < 1.29 is 9.52 Å². The molecule has 0 bridgehead atoms. The molecule has 5 heterocycles. The van der Waals surface area contributed by atoms with E-state index in [1.54, 1.807) is 23.0 Å². The molecule has 0 spiro atoms. The average Bonchev–Trinajstić information content (AvgIpc) is 3.27. The van der Waals surface area contributed by atoms with Gasteiger partial charge in [-0.25, -0.2) is 19.4 Å². The maximum Gasteiger partial charge on any atom is 0.343 e. The average molecular weight is 538 g/mol. The zero-order valence-corrected chi connectivity index (χ0v) is 23.1. The van der Waals surface area contributed by atoms with Crippen molar-refractivity contribution in [3.63, 3.8) is 0 Å². The van der Waals surface area contributed by atoms with E-state index in [0.717, 1.165) is 22.9 Å². The van der Waals surface area contributed by atoms with E-state index in [4.69, 9.17) is 15.2 Å². The monoisotopic (exact) mass is 537 g/mol. The Balaban J connectivity index is 1.64. The van der Waals surface area contributed by atoms with Crippen LogP contribution in [0.25, 0.3) is 38.6 Å². The van der Waals surface area contributed by atoms with Crippen LogP contribution in [-0.4, -0.2) is 40.9 Å². The summed E-state index contributed by atoms with van der Waals surface area (Å²) in [5, 5.41) is 20.5. The number of nitrogens with zero attached hydrogens (tertiary/aromatic N) is 5. The summed E-state index contributed by atoms with van der Waals surface area (Å²) in [4.78, 5) is 26.1. The third-order valence-electron chi connectivity index (χ3n) is 7.28. The van der Waals surface area contributed by atoms with E-state index in [9.17, 15) is 9.90 Å². The smallest absolute Gasteiger partial charge is 0.343 e. The highest BCUT2D eigenvalue weighted by atomic mass is 16.4. The van der Waals surface area contributed by atoms with Crippen molar-refractivity contribution in [2.45, 2.75) is 58.2 Å². The summed E-state index contributed by atoms with van der Waals surface area (Å²) in [6.45, 7) is 10.5. The number of benzene rings is 1. The Labute approximate surface area is 230 Å². The standard InChI is InChI=1S/C30H31N7O3/c1-16(37-27-23(26(31)33-15-34-27)24(35-37)17-10-19(38)14-32-13-17)25-22(18-11-29(2,3)36-30(4,5)12-18)20-8-6-7-9-21(20)28(39)40-25/h6-11,13-16,36,38H,12H2,1-5H3,(H2,31,33,34). The van der Waals surface area contributed by atoms with Gasteiger partial charge in [0.15, 0.2) is 5.65 Å². The van der Waals surface area contributed by atoms with E-state index in [1.807, 2.05) is 25.1 Å². The lowest BCUT2D eigenvalue weighted by molar-refractivity contribution is 0.296. The van der Waals surface area contributed by atoms with Gasteiger partial charge in [-0.3, -0.25) is 4.98 Å². The maximum absolute atomic E-state index is 13.3. The van der Waals surface area contributed by atoms with Crippen molar-refractivity contribution in [2.75, 3.05) is 5.73 Å². The van der Waals surface area contributed by atoms with Gasteiger partial charge < -0.3 is 20.6 Å². The summed E-state index contributed by atoms with van der Waals surface area (Å²) in [6.07, 6.45) is 7.25. The number of nitrogens with two attached hydrogens (primary N) is 1. The van der Waals surface area contributed by atoms with E-state index >= 15 is 0 Å². The van der Waals surface area contributed by atoms with Crippen molar-refractivity contribution in [1.82, 2.24) is 30.0 Å². The molecule has 4 aromatic heterocycles. The number of hydrogen-bond acceptors (Lipinski definition) is 9. The first-order valence-electron chi connectivity index (χ1n) is 13.1. The molecule has 0 saturated carbocycles. The van der Waals surface area contributed by atoms with Gasteiger partial charge in [-0.15, -0.1) is 0 Å². The van der Waals surface area contributed by atoms with Crippen LogP contribution in [0.3, 0.4) is 0 Å². The Morgan fingerprint density at radius 3 is 2.60 bits per heavy atom. The Bertz CT molecular complexity index is 1880. The van der Waals surface area contributed by atoms with E-state index in [0.29, 0.717) is 33.4 Å². The van der Waals surface area contributed by atoms with Gasteiger partial charge in [-0.2, -0.15) is 5.10 Å². The highest BCUT2D eigenvalue weighted by Crippen LogP contribution is 2.41. The second-order valence-corrected chi connectivity index (χ2v) is 11.6. The molecule has 1 atom stereocenters. The maximum atomic E-state index is 13.3. The molecule has 6 rings (SSSR count). The molecular weight excluding hydrogens is 506 g/mol. The van der Waals surface area contributed by atoms with Gasteiger partial charge in [0.25, 0.3) is 0 Å². The molecule has 1 unspecified atom stereocenters. The zero-order chi connectivity index (χ0) is 28.4. The predicted octanol–water partition coefficient (Wildman–Crippen LogP) is 4.83. The van der Waals surface area contributed by atoms with Crippen LogP contribution in [0.5, 0.6) is 5.75 Å². The van der Waals surface area contributed by atoms with Gasteiger partial charge in [0, 0.05) is 28.4 Å². The second-order valence-electron chi connectivity index (χ2n) is 11.6. The minimum Gasteiger partial charge on any atom is -0.506 e. The highest BCUT2D eigenvalue weighted by Gasteiger charge is 2.35. The number of nitrogen functional groups attached to an aromatic ring is 1. The zero-order valence-electron chi connectivity index (χ0n) is 23.1. The van der Waals surface area contributed by atoms with Gasteiger partial charge in [0.1, 0.15) is 35.4 Å². The minimum atomic E-state index is -0.551. The molecule has 10 nitrogen and oxygen atoms in total. The summed E-state index contributed by atoms with van der Waals surface area (Å²) in [6, 6.07) is 8.54. The fourth-order valence-corrected chi connectivity index (χ4v) is 6.05. The third kappa shape index (κ3) is 4.30. The van der Waals surface area contributed by atoms with Crippen molar-refractivity contribution in [3.8, 4) is 17.0 Å². The fourth-order valence-electron chi connectivity index (χ4n) is 6.05. The Morgan fingerprint density at radius 1 is 1.12 bits per heavy atom. The second kappa shape index (κ2) is 8.99. The van der Waals surface area contributed by atoms with Gasteiger partial charge in [-0.1, -0.05) is 24.3 Å². The Hall–Kier alpha value is -4.57. The van der Waals surface area contributed by atoms with Crippen molar-refractivity contribution in [3.05, 3.63) is 76.9 Å². The number of fused-ring (bicyclic) bond motifs is 2. The van der Waals surface area contributed by atoms with Gasteiger partial charge in [-0.05, 0) is 64.1 Å². The molecule has 0 aliphatic carbocycles. The van der Waals surface area contributed by atoms with Gasteiger partial charge >= 0.3 is 5.63 Å². The number of aromatic nitrogens is 5. The molecule has 4 N–H and O–H groups in total. The van der Waals surface area contributed by atoms with Crippen LogP contribution in [0.4, 0.5) is 5.82 Å². The van der Waals surface area contributed by atoms with Crippen LogP contribution in [0.15, 0.2) is 64.3 Å². The van der Waals surface area contributed by atoms with Crippen LogP contribution in [0, 0.1) is 0 Å². The summed E-state index contributed by atoms with van der Waals surface area (Å²) in [5.74, 6) is 0.715. The minimum absolute atomic E-state index is 0.00504. The SMILES string of the molecule is CC(c1oc(=O)c2ccccc2c1C1=CC(C)(C)NC(C)(C)C1)n1nc(-c2cncc(O)c2)c2c(N)ncnc21. The van der Waals surface area contributed by atoms with Gasteiger partial charge in [0.2, 0.25) is 0 Å². The summed E-state index contributed by atoms with van der Waals surface area (Å²) < 4.78 is 7.83. The number of anilines is 1. The van der Waals surface area contributed by atoms with Crippen LogP contribution in [0.2, 0.25) is 0 Å². The van der Waals surface area contributed by atoms with Crippen LogP contribution < -0.4 is 16.7 Å². The lowest BCUT2D eigenvalue weighted by atomic mass is 9.79. The molecule has 1 aliphatic heterocycles. The lowest BCUT2D eigenvalue weighted by Gasteiger charge is -2.41. The number of nitrogens with one attached hydrogen (secondary N) is 1. The number of aromatic hydroxyl groups is 1. The largest absolute Gasteiger partial charge is 0.506 e. The van der Waals surface area contributed by atoms with Crippen LogP contribution >= 0.6 is 0 Å². The van der Waals surface area contributed by atoms with Crippen LogP contribution in [-0.2, 0) is 0 Å². The molecule has 5 aromatic rings. The first kappa shape index (κ1) is 25.7. The Morgan fingerprint density at radius 2 is 1.88 bits per heavy atom. The fraction of sp³-hybridized carbons (Fsp3) is 0.300. The summed E-state index contributed by atoms with van der Waals surface area (Å²) in [5.41, 5.74) is 8.87. The van der Waals surface area contributed by atoms with E-state index in [1.165, 1.54) is 12.5 Å². The van der Waals surface area contributed by atoms with Crippen molar-refractivity contribution in [2.24, 2.45) is 0 Å². The molecule has 0 saturated heterocycles. The van der Waals surface area contributed by atoms with Crippen LogP contribution in [0.1, 0.15) is 58.4 Å². The van der Waals surface area contributed by atoms with E-state index in [-0.39, 0.29) is 22.6 Å². The van der Waals surface area contributed by atoms with Crippen molar-refractivity contribution in [1.29, 1.82) is 0 Å². The normalized spacial score (nSPS) is 17.2. The Kier molecular flexibility index (Phi) is 5.77. The molecule has 1 aromatic carbocycles. The number of hydrogen-bond donors (Lipinski definition) is 3. The highest BCUT2D eigenvalue weighted by molar-refractivity contribution is 5.98. The molecule has 10 heteroatoms. The topological polar surface area (TPSA) is 145 Å². The predicted molar refractivity (Wildman–Crippen MR) is 155 cm³/mol. The number of rotatable bonds is 4. The van der Waals surface area contributed by atoms with E-state index < -0.39 is 11.7 Å². The van der Waals surface area contributed by atoms with Gasteiger partial charge in [0.05, 0.1) is 17.0 Å². The van der Waals surface area contributed by atoms with Crippen molar-refractivity contribution >= 4 is 33.2 Å². The molecule has 204 valence electrons.